The van der Waals surface area contributed by atoms with E-state index in [9.17, 15) is 15.0 Å². The normalized spacial score (nSPS) is 19.3. The molecule has 192 valence electrons. The summed E-state index contributed by atoms with van der Waals surface area (Å²) in [6.07, 6.45) is 4.55. The summed E-state index contributed by atoms with van der Waals surface area (Å²) >= 11 is 12.6. The average molecular weight is 531 g/mol. The van der Waals surface area contributed by atoms with Crippen LogP contribution in [-0.4, -0.2) is 52.8 Å². The Morgan fingerprint density at radius 1 is 1.22 bits per heavy atom. The van der Waals surface area contributed by atoms with E-state index in [0.29, 0.717) is 35.2 Å². The van der Waals surface area contributed by atoms with Crippen LogP contribution in [0.15, 0.2) is 48.7 Å². The number of nitrogens with zero attached hydrogens (tertiary/aromatic N) is 2. The Labute approximate surface area is 221 Å². The zero-order chi connectivity index (χ0) is 25.7. The van der Waals surface area contributed by atoms with Gasteiger partial charge in [-0.15, -0.1) is 0 Å². The molecule has 1 aliphatic heterocycles. The van der Waals surface area contributed by atoms with Crippen molar-refractivity contribution in [3.8, 4) is 5.75 Å². The van der Waals surface area contributed by atoms with Crippen LogP contribution in [0.4, 0.5) is 0 Å². The van der Waals surface area contributed by atoms with Crippen molar-refractivity contribution in [2.75, 3.05) is 26.7 Å². The number of methoxy groups -OCH3 is 1. The number of aromatic nitrogens is 1. The molecule has 0 radical (unpaired) electrons. The third-order valence-electron chi connectivity index (χ3n) is 7.27. The summed E-state index contributed by atoms with van der Waals surface area (Å²) in [6, 6.07) is 13.0. The molecule has 0 aliphatic carbocycles. The summed E-state index contributed by atoms with van der Waals surface area (Å²) in [7, 11) is 1.61. The van der Waals surface area contributed by atoms with Crippen molar-refractivity contribution >= 4 is 40.1 Å². The van der Waals surface area contributed by atoms with Gasteiger partial charge in [-0.1, -0.05) is 29.3 Å². The van der Waals surface area contributed by atoms with E-state index in [1.165, 1.54) is 0 Å². The minimum Gasteiger partial charge on any atom is -0.497 e. The number of aliphatic hydroxyl groups excluding tert-OH is 1. The number of ether oxygens (including phenoxy) is 1. The first-order valence-electron chi connectivity index (χ1n) is 12.4. The molecule has 2 heterocycles. The fourth-order valence-corrected chi connectivity index (χ4v) is 5.83. The van der Waals surface area contributed by atoms with Gasteiger partial charge in [0.15, 0.2) is 0 Å². The molecule has 0 amide bonds. The van der Waals surface area contributed by atoms with Crippen molar-refractivity contribution in [1.29, 1.82) is 0 Å². The van der Waals surface area contributed by atoms with Gasteiger partial charge in [0.05, 0.1) is 24.6 Å². The van der Waals surface area contributed by atoms with Gasteiger partial charge in [-0.2, -0.15) is 0 Å². The van der Waals surface area contributed by atoms with Crippen LogP contribution in [0, 0.1) is 11.8 Å². The fourth-order valence-electron chi connectivity index (χ4n) is 5.24. The van der Waals surface area contributed by atoms with Gasteiger partial charge in [0.25, 0.3) is 0 Å². The molecule has 2 aromatic carbocycles. The number of halogens is 2. The fraction of sp³-hybridized carbons (Fsp3) is 0.429. The third-order valence-corrected chi connectivity index (χ3v) is 7.98. The quantitative estimate of drug-likeness (QED) is 0.333. The van der Waals surface area contributed by atoms with Gasteiger partial charge >= 0.3 is 5.97 Å². The highest BCUT2D eigenvalue weighted by atomic mass is 35.5. The number of piperidine rings is 1. The van der Waals surface area contributed by atoms with Gasteiger partial charge < -0.3 is 19.8 Å². The summed E-state index contributed by atoms with van der Waals surface area (Å²) in [4.78, 5) is 18.7. The number of aliphatic hydroxyl groups is 1. The molecular formula is C28H32Cl2N2O4. The maximum absolute atomic E-state index is 12.1. The maximum Gasteiger partial charge on any atom is 0.308 e. The van der Waals surface area contributed by atoms with E-state index in [1.54, 1.807) is 13.3 Å². The Morgan fingerprint density at radius 2 is 2.00 bits per heavy atom. The molecule has 0 spiro atoms. The summed E-state index contributed by atoms with van der Waals surface area (Å²) in [5, 5.41) is 23.1. The predicted octanol–water partition coefficient (Wildman–Crippen LogP) is 6.02. The lowest BCUT2D eigenvalue weighted by Gasteiger charge is -2.37. The average Bonchev–Trinajstić information content (AvgIpc) is 2.88. The number of likely N-dealkylation sites (tertiary alicyclic amines) is 1. The van der Waals surface area contributed by atoms with E-state index in [-0.39, 0.29) is 5.92 Å². The number of carboxylic acids is 1. The molecule has 1 aliphatic rings. The van der Waals surface area contributed by atoms with Gasteiger partial charge in [-0.05, 0) is 98.6 Å². The first-order chi connectivity index (χ1) is 17.4. The van der Waals surface area contributed by atoms with Crippen LogP contribution in [0.25, 0.3) is 10.9 Å². The van der Waals surface area contributed by atoms with E-state index in [2.05, 4.69) is 9.88 Å². The van der Waals surface area contributed by atoms with Crippen molar-refractivity contribution in [1.82, 2.24) is 9.88 Å². The van der Waals surface area contributed by atoms with Crippen LogP contribution in [0.3, 0.4) is 0 Å². The highest BCUT2D eigenvalue weighted by Gasteiger charge is 2.34. The molecule has 0 unspecified atom stereocenters. The molecule has 0 bridgehead atoms. The molecule has 1 fully saturated rings. The second-order valence-corrected chi connectivity index (χ2v) is 10.3. The second-order valence-electron chi connectivity index (χ2n) is 9.47. The lowest BCUT2D eigenvalue weighted by atomic mass is 9.81. The molecular weight excluding hydrogens is 499 g/mol. The summed E-state index contributed by atoms with van der Waals surface area (Å²) < 4.78 is 5.33. The molecule has 36 heavy (non-hydrogen) atoms. The van der Waals surface area contributed by atoms with Crippen LogP contribution >= 0.6 is 23.2 Å². The summed E-state index contributed by atoms with van der Waals surface area (Å²) in [5.74, 6) is -0.496. The van der Waals surface area contributed by atoms with Crippen molar-refractivity contribution in [2.24, 2.45) is 11.8 Å². The number of hydrogen-bond acceptors (Lipinski definition) is 5. The number of pyridine rings is 1. The SMILES string of the molecule is COc1ccc2nccc([C@@H](O)CC[C@@H]3CCN(CCCc4c(Cl)cccc4Cl)C[C@@H]3C(=O)O)c2c1. The molecule has 1 aromatic heterocycles. The number of fused-ring (bicyclic) bond motifs is 1. The van der Waals surface area contributed by atoms with Crippen LogP contribution in [0.1, 0.15) is 42.9 Å². The molecule has 4 rings (SSSR count). The van der Waals surface area contributed by atoms with Crippen LogP contribution in [0.5, 0.6) is 5.75 Å². The van der Waals surface area contributed by atoms with Gasteiger partial charge in [-0.25, -0.2) is 0 Å². The molecule has 1 saturated heterocycles. The Balaban J connectivity index is 1.34. The van der Waals surface area contributed by atoms with E-state index in [1.807, 2.05) is 42.5 Å². The van der Waals surface area contributed by atoms with Crippen LogP contribution < -0.4 is 4.74 Å². The van der Waals surface area contributed by atoms with Gasteiger partial charge in [0.1, 0.15) is 5.75 Å². The Hall–Kier alpha value is -2.38. The highest BCUT2D eigenvalue weighted by molar-refractivity contribution is 6.35. The Kier molecular flexibility index (Phi) is 9.07. The van der Waals surface area contributed by atoms with E-state index in [4.69, 9.17) is 27.9 Å². The van der Waals surface area contributed by atoms with E-state index in [0.717, 1.165) is 54.4 Å². The van der Waals surface area contributed by atoms with Crippen LogP contribution in [-0.2, 0) is 11.2 Å². The minimum atomic E-state index is -0.771. The summed E-state index contributed by atoms with van der Waals surface area (Å²) in [6.45, 7) is 2.16. The van der Waals surface area contributed by atoms with Crippen molar-refractivity contribution in [2.45, 2.75) is 38.2 Å². The zero-order valence-electron chi connectivity index (χ0n) is 20.4. The van der Waals surface area contributed by atoms with Crippen LogP contribution in [0.2, 0.25) is 10.0 Å². The second kappa shape index (κ2) is 12.2. The smallest absolute Gasteiger partial charge is 0.308 e. The molecule has 6 nitrogen and oxygen atoms in total. The first-order valence-corrected chi connectivity index (χ1v) is 13.1. The lowest BCUT2D eigenvalue weighted by Crippen LogP contribution is -2.44. The van der Waals surface area contributed by atoms with Crippen molar-refractivity contribution in [3.63, 3.8) is 0 Å². The molecule has 3 atom stereocenters. The Bertz CT molecular complexity index is 1190. The van der Waals surface area contributed by atoms with Gasteiger partial charge in [0.2, 0.25) is 0 Å². The number of aliphatic carboxylic acids is 1. The maximum atomic E-state index is 12.1. The predicted molar refractivity (Wildman–Crippen MR) is 143 cm³/mol. The number of hydrogen-bond donors (Lipinski definition) is 2. The standard InChI is InChI=1S/C28H32Cl2N2O4/c1-36-19-8-9-26-22(16-19)20(11-13-31-26)27(33)10-7-18-12-15-32(17-23(18)28(34)35)14-3-4-21-24(29)5-2-6-25(21)30/h2,5-6,8-9,11,13,16,18,23,27,33H,3-4,7,10,12,14-15,17H2,1H3,(H,34,35)/t18-,23+,27+/m1/s1. The molecule has 2 N–H and O–H groups in total. The highest BCUT2D eigenvalue weighted by Crippen LogP contribution is 2.34. The molecule has 8 heteroatoms. The minimum absolute atomic E-state index is 0.0223. The number of benzene rings is 2. The van der Waals surface area contributed by atoms with Crippen molar-refractivity contribution in [3.05, 3.63) is 69.8 Å². The van der Waals surface area contributed by atoms with Gasteiger partial charge in [0, 0.05) is 28.2 Å². The van der Waals surface area contributed by atoms with Crippen molar-refractivity contribution < 1.29 is 19.7 Å². The number of carbonyl (C=O) groups is 1. The number of rotatable bonds is 10. The molecule has 3 aromatic rings. The third kappa shape index (κ3) is 6.30. The Morgan fingerprint density at radius 3 is 2.72 bits per heavy atom. The molecule has 0 saturated carbocycles. The van der Waals surface area contributed by atoms with Gasteiger partial charge in [-0.3, -0.25) is 9.78 Å². The number of carboxylic acid groups (broad SMARTS) is 1. The zero-order valence-corrected chi connectivity index (χ0v) is 21.9. The topological polar surface area (TPSA) is 82.9 Å². The monoisotopic (exact) mass is 530 g/mol. The summed E-state index contributed by atoms with van der Waals surface area (Å²) in [5.41, 5.74) is 2.53. The first kappa shape index (κ1) is 26.7. The van der Waals surface area contributed by atoms with E-state index < -0.39 is 18.0 Å². The largest absolute Gasteiger partial charge is 0.497 e. The van der Waals surface area contributed by atoms with E-state index >= 15 is 0 Å². The lowest BCUT2D eigenvalue weighted by molar-refractivity contribution is -0.146.